The van der Waals surface area contributed by atoms with Crippen LogP contribution < -0.4 is 15.8 Å². The number of amides is 1. The lowest BCUT2D eigenvalue weighted by molar-refractivity contribution is -0.143. The van der Waals surface area contributed by atoms with Crippen LogP contribution in [0, 0.1) is 0 Å². The second-order valence-corrected chi connectivity index (χ2v) is 9.41. The van der Waals surface area contributed by atoms with E-state index in [1.165, 1.54) is 70.6 Å². The summed E-state index contributed by atoms with van der Waals surface area (Å²) in [6.45, 7) is 4.93. The molecule has 0 unspecified atom stereocenters. The highest BCUT2D eigenvalue weighted by Gasteiger charge is 2.09. The number of nitrogens with two attached hydrogens (primary N) is 1. The third-order valence-corrected chi connectivity index (χ3v) is 6.12. The molecule has 0 aliphatic carbocycles. The van der Waals surface area contributed by atoms with Crippen molar-refractivity contribution in [3.05, 3.63) is 18.2 Å². The fraction of sp³-hybridized carbons (Fsp3) is 0.724. The van der Waals surface area contributed by atoms with Crippen LogP contribution in [0.3, 0.4) is 0 Å². The van der Waals surface area contributed by atoms with Gasteiger partial charge in [0.2, 0.25) is 5.91 Å². The Morgan fingerprint density at radius 3 is 1.94 bits per heavy atom. The standard InChI is InChI=1S/C29H50N2O4/c1-3-5-6-7-8-9-10-11-12-13-14-15-16-19-28(32)31-26-24-25(30)21-22-27(26)35-23-18-17-20-29(33)34-4-2/h21-22,24H,3-20,23,30H2,1-2H3,(H,31,32). The first kappa shape index (κ1) is 30.8. The minimum absolute atomic E-state index is 0.00849. The van der Waals surface area contributed by atoms with Gasteiger partial charge in [-0.1, -0.05) is 84.0 Å². The van der Waals surface area contributed by atoms with Crippen LogP contribution in [-0.4, -0.2) is 25.1 Å². The van der Waals surface area contributed by atoms with Gasteiger partial charge in [0.15, 0.2) is 0 Å². The number of carbonyl (C=O) groups is 2. The number of unbranched alkanes of at least 4 members (excludes halogenated alkanes) is 13. The molecule has 0 fully saturated rings. The maximum Gasteiger partial charge on any atom is 0.305 e. The number of esters is 1. The van der Waals surface area contributed by atoms with Crippen molar-refractivity contribution in [3.63, 3.8) is 0 Å². The highest BCUT2D eigenvalue weighted by atomic mass is 16.5. The summed E-state index contributed by atoms with van der Waals surface area (Å²) in [5.74, 6) is 0.418. The molecular weight excluding hydrogens is 440 g/mol. The monoisotopic (exact) mass is 490 g/mol. The molecule has 1 aromatic carbocycles. The smallest absolute Gasteiger partial charge is 0.305 e. The van der Waals surface area contributed by atoms with E-state index >= 15 is 0 Å². The summed E-state index contributed by atoms with van der Waals surface area (Å²) >= 11 is 0. The third kappa shape index (κ3) is 16.9. The minimum atomic E-state index is -0.180. The summed E-state index contributed by atoms with van der Waals surface area (Å²) in [6.07, 6.45) is 19.1. The van der Waals surface area contributed by atoms with Crippen LogP contribution in [0.25, 0.3) is 0 Å². The van der Waals surface area contributed by atoms with Gasteiger partial charge < -0.3 is 20.5 Å². The zero-order valence-electron chi connectivity index (χ0n) is 22.4. The molecule has 200 valence electrons. The average Bonchev–Trinajstić information content (AvgIpc) is 2.83. The quantitative estimate of drug-likeness (QED) is 0.0982. The lowest BCUT2D eigenvalue weighted by Gasteiger charge is -2.13. The van der Waals surface area contributed by atoms with Crippen molar-refractivity contribution in [1.82, 2.24) is 0 Å². The Morgan fingerprint density at radius 1 is 0.771 bits per heavy atom. The number of carbonyl (C=O) groups excluding carboxylic acids is 2. The van der Waals surface area contributed by atoms with Crippen molar-refractivity contribution in [2.24, 2.45) is 0 Å². The van der Waals surface area contributed by atoms with Crippen LogP contribution in [-0.2, 0) is 14.3 Å². The predicted octanol–water partition coefficient (Wildman–Crippen LogP) is 7.80. The van der Waals surface area contributed by atoms with Crippen LogP contribution >= 0.6 is 0 Å². The number of hydrogen-bond acceptors (Lipinski definition) is 5. The number of ether oxygens (including phenoxy) is 2. The number of anilines is 2. The highest BCUT2D eigenvalue weighted by Crippen LogP contribution is 2.27. The van der Waals surface area contributed by atoms with Crippen LogP contribution in [0.5, 0.6) is 5.75 Å². The Labute approximate surface area is 213 Å². The van der Waals surface area contributed by atoms with E-state index in [1.54, 1.807) is 25.1 Å². The van der Waals surface area contributed by atoms with Crippen LogP contribution in [0.4, 0.5) is 11.4 Å². The van der Waals surface area contributed by atoms with Gasteiger partial charge in [-0.05, 0) is 44.4 Å². The lowest BCUT2D eigenvalue weighted by Crippen LogP contribution is -2.13. The van der Waals surface area contributed by atoms with E-state index in [1.807, 2.05) is 0 Å². The van der Waals surface area contributed by atoms with Crippen molar-refractivity contribution in [3.8, 4) is 5.75 Å². The van der Waals surface area contributed by atoms with E-state index < -0.39 is 0 Å². The molecule has 35 heavy (non-hydrogen) atoms. The molecule has 1 rings (SSSR count). The Bertz CT molecular complexity index is 693. The molecule has 6 heteroatoms. The van der Waals surface area contributed by atoms with E-state index in [2.05, 4.69) is 12.2 Å². The lowest BCUT2D eigenvalue weighted by atomic mass is 10.0. The van der Waals surface area contributed by atoms with Gasteiger partial charge in [0.05, 0.1) is 18.9 Å². The number of nitrogen functional groups attached to an aromatic ring is 1. The molecule has 0 bridgehead atoms. The van der Waals surface area contributed by atoms with Crippen LogP contribution in [0.15, 0.2) is 18.2 Å². The molecule has 0 aliphatic heterocycles. The molecule has 0 saturated heterocycles. The summed E-state index contributed by atoms with van der Waals surface area (Å²) in [5.41, 5.74) is 7.09. The predicted molar refractivity (Wildman–Crippen MR) is 146 cm³/mol. The Kier molecular flexibility index (Phi) is 18.5. The molecule has 0 aliphatic rings. The topological polar surface area (TPSA) is 90.7 Å². The molecule has 0 heterocycles. The molecule has 6 nitrogen and oxygen atoms in total. The summed E-state index contributed by atoms with van der Waals surface area (Å²) in [7, 11) is 0. The molecule has 0 atom stereocenters. The van der Waals surface area contributed by atoms with E-state index in [-0.39, 0.29) is 11.9 Å². The maximum atomic E-state index is 12.4. The second kappa shape index (κ2) is 21.1. The first-order valence-electron chi connectivity index (χ1n) is 14.0. The van der Waals surface area contributed by atoms with Gasteiger partial charge >= 0.3 is 5.97 Å². The Morgan fingerprint density at radius 2 is 1.34 bits per heavy atom. The van der Waals surface area contributed by atoms with E-state index in [4.69, 9.17) is 15.2 Å². The van der Waals surface area contributed by atoms with Gasteiger partial charge in [-0.25, -0.2) is 0 Å². The zero-order chi connectivity index (χ0) is 25.6. The Hall–Kier alpha value is -2.24. The molecule has 0 aromatic heterocycles. The highest BCUT2D eigenvalue weighted by molar-refractivity contribution is 5.92. The first-order chi connectivity index (χ1) is 17.1. The van der Waals surface area contributed by atoms with Gasteiger partial charge in [0.25, 0.3) is 0 Å². The van der Waals surface area contributed by atoms with Gasteiger partial charge in [-0.3, -0.25) is 9.59 Å². The van der Waals surface area contributed by atoms with Crippen molar-refractivity contribution in [2.75, 3.05) is 24.3 Å². The summed E-state index contributed by atoms with van der Waals surface area (Å²) in [6, 6.07) is 5.27. The summed E-state index contributed by atoms with van der Waals surface area (Å²) in [4.78, 5) is 23.8. The number of benzene rings is 1. The summed E-state index contributed by atoms with van der Waals surface area (Å²) in [5, 5.41) is 2.95. The van der Waals surface area contributed by atoms with Gasteiger partial charge in [0, 0.05) is 18.5 Å². The number of nitrogens with one attached hydrogen (secondary N) is 1. The fourth-order valence-electron chi connectivity index (χ4n) is 4.07. The third-order valence-electron chi connectivity index (χ3n) is 6.12. The maximum absolute atomic E-state index is 12.4. The molecular formula is C29H50N2O4. The van der Waals surface area contributed by atoms with Crippen molar-refractivity contribution in [2.45, 2.75) is 123 Å². The van der Waals surface area contributed by atoms with Gasteiger partial charge in [-0.2, -0.15) is 0 Å². The molecule has 0 saturated carbocycles. The van der Waals surface area contributed by atoms with Crippen molar-refractivity contribution < 1.29 is 19.1 Å². The van der Waals surface area contributed by atoms with Crippen molar-refractivity contribution >= 4 is 23.3 Å². The molecule has 1 amide bonds. The number of rotatable bonds is 22. The Balaban J connectivity index is 2.15. The number of hydrogen-bond donors (Lipinski definition) is 2. The molecule has 1 aromatic rings. The zero-order valence-corrected chi connectivity index (χ0v) is 22.4. The largest absolute Gasteiger partial charge is 0.491 e. The van der Waals surface area contributed by atoms with Crippen LogP contribution in [0.2, 0.25) is 0 Å². The molecule has 3 N–H and O–H groups in total. The normalized spacial score (nSPS) is 10.8. The second-order valence-electron chi connectivity index (χ2n) is 9.41. The van der Waals surface area contributed by atoms with Gasteiger partial charge in [-0.15, -0.1) is 0 Å². The van der Waals surface area contributed by atoms with E-state index in [0.717, 1.165) is 19.3 Å². The summed E-state index contributed by atoms with van der Waals surface area (Å²) < 4.78 is 10.8. The van der Waals surface area contributed by atoms with Crippen LogP contribution in [0.1, 0.15) is 123 Å². The van der Waals surface area contributed by atoms with E-state index in [0.29, 0.717) is 49.6 Å². The minimum Gasteiger partial charge on any atom is -0.491 e. The van der Waals surface area contributed by atoms with Gasteiger partial charge in [0.1, 0.15) is 5.75 Å². The SMILES string of the molecule is CCCCCCCCCCCCCCCC(=O)Nc1cc(N)ccc1OCCCCC(=O)OCC. The first-order valence-corrected chi connectivity index (χ1v) is 14.0. The molecule has 0 radical (unpaired) electrons. The fourth-order valence-corrected chi connectivity index (χ4v) is 4.07. The van der Waals surface area contributed by atoms with E-state index in [9.17, 15) is 9.59 Å². The average molecular weight is 491 g/mol. The van der Waals surface area contributed by atoms with Crippen molar-refractivity contribution in [1.29, 1.82) is 0 Å². The molecule has 0 spiro atoms.